The average Bonchev–Trinajstić information content (AvgIpc) is 2.46. The largest absolute Gasteiger partial charge is 0.352 e. The number of hydrogen-bond donors (Lipinski definition) is 1. The number of nitrogens with two attached hydrogens (primary N) is 1. The molecule has 0 saturated carbocycles. The topological polar surface area (TPSA) is 42.1 Å². The molecule has 1 aromatic heterocycles. The normalized spacial score (nSPS) is 10.4. The van der Waals surface area contributed by atoms with E-state index in [2.05, 4.69) is 4.98 Å². The molecular formula is C15H18FN3. The van der Waals surface area contributed by atoms with Gasteiger partial charge in [0, 0.05) is 24.8 Å². The van der Waals surface area contributed by atoms with Crippen LogP contribution in [0.4, 0.5) is 10.2 Å². The minimum Gasteiger partial charge on any atom is -0.352 e. The second-order valence-electron chi connectivity index (χ2n) is 4.34. The summed E-state index contributed by atoms with van der Waals surface area (Å²) in [6.45, 7) is 1.88. The fourth-order valence-electron chi connectivity index (χ4n) is 1.93. The van der Waals surface area contributed by atoms with Crippen LogP contribution in [-0.2, 0) is 6.54 Å². The predicted octanol–water partition coefficient (Wildman–Crippen LogP) is 2.58. The zero-order valence-electron chi connectivity index (χ0n) is 10.8. The molecule has 19 heavy (non-hydrogen) atoms. The Morgan fingerprint density at radius 3 is 2.58 bits per heavy atom. The van der Waals surface area contributed by atoms with Crippen molar-refractivity contribution in [2.24, 2.45) is 5.73 Å². The van der Waals surface area contributed by atoms with Crippen LogP contribution >= 0.6 is 0 Å². The summed E-state index contributed by atoms with van der Waals surface area (Å²) in [6.07, 6.45) is 2.59. The Morgan fingerprint density at radius 2 is 1.89 bits per heavy atom. The maximum Gasteiger partial charge on any atom is 0.128 e. The van der Waals surface area contributed by atoms with E-state index in [0.717, 1.165) is 18.8 Å². The molecule has 2 aromatic rings. The summed E-state index contributed by atoms with van der Waals surface area (Å²) in [5.41, 5.74) is 6.23. The molecule has 0 spiro atoms. The van der Waals surface area contributed by atoms with Gasteiger partial charge in [0.1, 0.15) is 11.6 Å². The molecule has 4 heteroatoms. The van der Waals surface area contributed by atoms with Crippen molar-refractivity contribution in [3.05, 3.63) is 60.0 Å². The second kappa shape index (κ2) is 6.85. The van der Waals surface area contributed by atoms with Crippen molar-refractivity contribution >= 4 is 5.82 Å². The van der Waals surface area contributed by atoms with E-state index in [-0.39, 0.29) is 5.82 Å². The van der Waals surface area contributed by atoms with Crippen LogP contribution in [0, 0.1) is 5.82 Å². The quantitative estimate of drug-likeness (QED) is 0.867. The highest BCUT2D eigenvalue weighted by Gasteiger charge is 2.10. The molecule has 0 saturated heterocycles. The molecule has 0 fully saturated rings. The fraction of sp³-hybridized carbons (Fsp3) is 0.267. The van der Waals surface area contributed by atoms with Crippen molar-refractivity contribution in [1.29, 1.82) is 0 Å². The molecule has 0 aliphatic carbocycles. The molecular weight excluding hydrogens is 241 g/mol. The van der Waals surface area contributed by atoms with Crippen LogP contribution in [0.3, 0.4) is 0 Å². The first-order valence-corrected chi connectivity index (χ1v) is 6.40. The molecule has 0 amide bonds. The standard InChI is InChI=1S/C15H18FN3/c16-14-7-2-1-6-13(14)12-19(11-5-9-17)15-8-3-4-10-18-15/h1-4,6-8,10H,5,9,11-12,17H2. The van der Waals surface area contributed by atoms with E-state index in [9.17, 15) is 4.39 Å². The van der Waals surface area contributed by atoms with Crippen LogP contribution in [0.1, 0.15) is 12.0 Å². The Morgan fingerprint density at radius 1 is 1.11 bits per heavy atom. The van der Waals surface area contributed by atoms with E-state index in [1.807, 2.05) is 29.2 Å². The van der Waals surface area contributed by atoms with Gasteiger partial charge >= 0.3 is 0 Å². The molecule has 0 unspecified atom stereocenters. The number of halogens is 1. The second-order valence-corrected chi connectivity index (χ2v) is 4.34. The summed E-state index contributed by atoms with van der Waals surface area (Å²) >= 11 is 0. The maximum absolute atomic E-state index is 13.7. The SMILES string of the molecule is NCCCN(Cc1ccccc1F)c1ccccn1. The number of pyridine rings is 1. The van der Waals surface area contributed by atoms with E-state index >= 15 is 0 Å². The first-order valence-electron chi connectivity index (χ1n) is 6.40. The van der Waals surface area contributed by atoms with Crippen LogP contribution < -0.4 is 10.6 Å². The molecule has 2 N–H and O–H groups in total. The van der Waals surface area contributed by atoms with Crippen molar-refractivity contribution in [2.45, 2.75) is 13.0 Å². The van der Waals surface area contributed by atoms with Crippen LogP contribution in [0.25, 0.3) is 0 Å². The Hall–Kier alpha value is -1.94. The maximum atomic E-state index is 13.7. The Labute approximate surface area is 112 Å². The third-order valence-electron chi connectivity index (χ3n) is 2.92. The summed E-state index contributed by atoms with van der Waals surface area (Å²) in [5.74, 6) is 0.662. The molecule has 0 atom stereocenters. The lowest BCUT2D eigenvalue weighted by Gasteiger charge is -2.23. The van der Waals surface area contributed by atoms with E-state index in [1.165, 1.54) is 6.07 Å². The van der Waals surface area contributed by atoms with Crippen molar-refractivity contribution in [3.8, 4) is 0 Å². The summed E-state index contributed by atoms with van der Waals surface area (Å²) in [5, 5.41) is 0. The van der Waals surface area contributed by atoms with Crippen LogP contribution in [0.15, 0.2) is 48.7 Å². The predicted molar refractivity (Wildman–Crippen MR) is 75.4 cm³/mol. The lowest BCUT2D eigenvalue weighted by atomic mass is 10.2. The van der Waals surface area contributed by atoms with Gasteiger partial charge in [0.15, 0.2) is 0 Å². The van der Waals surface area contributed by atoms with Crippen LogP contribution in [-0.4, -0.2) is 18.1 Å². The smallest absolute Gasteiger partial charge is 0.128 e. The van der Waals surface area contributed by atoms with Gasteiger partial charge < -0.3 is 10.6 Å². The first kappa shape index (κ1) is 13.5. The molecule has 0 radical (unpaired) electrons. The van der Waals surface area contributed by atoms with Gasteiger partial charge in [-0.15, -0.1) is 0 Å². The molecule has 0 aliphatic rings. The third-order valence-corrected chi connectivity index (χ3v) is 2.92. The molecule has 1 aromatic carbocycles. The van der Waals surface area contributed by atoms with Gasteiger partial charge in [0.05, 0.1) is 0 Å². The molecule has 0 aliphatic heterocycles. The lowest BCUT2D eigenvalue weighted by molar-refractivity contribution is 0.601. The van der Waals surface area contributed by atoms with Gasteiger partial charge in [-0.05, 0) is 31.2 Å². The lowest BCUT2D eigenvalue weighted by Crippen LogP contribution is -2.26. The van der Waals surface area contributed by atoms with Gasteiger partial charge in [-0.1, -0.05) is 24.3 Å². The highest BCUT2D eigenvalue weighted by atomic mass is 19.1. The van der Waals surface area contributed by atoms with Crippen molar-refractivity contribution in [2.75, 3.05) is 18.0 Å². The van der Waals surface area contributed by atoms with Crippen LogP contribution in [0.2, 0.25) is 0 Å². The van der Waals surface area contributed by atoms with E-state index in [1.54, 1.807) is 18.3 Å². The highest BCUT2D eigenvalue weighted by molar-refractivity contribution is 5.39. The highest BCUT2D eigenvalue weighted by Crippen LogP contribution is 2.16. The number of nitrogens with zero attached hydrogens (tertiary/aromatic N) is 2. The molecule has 0 bridgehead atoms. The Bertz CT molecular complexity index is 502. The minimum atomic E-state index is -0.184. The molecule has 100 valence electrons. The average molecular weight is 259 g/mol. The number of aromatic nitrogens is 1. The zero-order valence-corrected chi connectivity index (χ0v) is 10.8. The van der Waals surface area contributed by atoms with Gasteiger partial charge in [-0.2, -0.15) is 0 Å². The van der Waals surface area contributed by atoms with Crippen molar-refractivity contribution in [1.82, 2.24) is 4.98 Å². The number of benzene rings is 1. The van der Waals surface area contributed by atoms with Gasteiger partial charge in [-0.3, -0.25) is 0 Å². The molecule has 1 heterocycles. The summed E-state index contributed by atoms with van der Waals surface area (Å²) in [7, 11) is 0. The van der Waals surface area contributed by atoms with E-state index < -0.39 is 0 Å². The summed E-state index contributed by atoms with van der Waals surface area (Å²) in [4.78, 5) is 6.37. The number of rotatable bonds is 6. The van der Waals surface area contributed by atoms with E-state index in [0.29, 0.717) is 18.7 Å². The fourth-order valence-corrected chi connectivity index (χ4v) is 1.93. The first-order chi connectivity index (χ1) is 9.31. The van der Waals surface area contributed by atoms with Crippen molar-refractivity contribution in [3.63, 3.8) is 0 Å². The monoisotopic (exact) mass is 259 g/mol. The van der Waals surface area contributed by atoms with E-state index in [4.69, 9.17) is 5.73 Å². The van der Waals surface area contributed by atoms with Crippen LogP contribution in [0.5, 0.6) is 0 Å². The van der Waals surface area contributed by atoms with Gasteiger partial charge in [0.25, 0.3) is 0 Å². The van der Waals surface area contributed by atoms with Gasteiger partial charge in [0.2, 0.25) is 0 Å². The Balaban J connectivity index is 2.17. The third kappa shape index (κ3) is 3.76. The van der Waals surface area contributed by atoms with Gasteiger partial charge in [-0.25, -0.2) is 9.37 Å². The zero-order chi connectivity index (χ0) is 13.5. The minimum absolute atomic E-state index is 0.184. The summed E-state index contributed by atoms with van der Waals surface area (Å²) in [6, 6.07) is 12.6. The summed E-state index contributed by atoms with van der Waals surface area (Å²) < 4.78 is 13.7. The Kier molecular flexibility index (Phi) is 4.86. The van der Waals surface area contributed by atoms with Crippen molar-refractivity contribution < 1.29 is 4.39 Å². The molecule has 2 rings (SSSR count). The number of anilines is 1. The number of hydrogen-bond acceptors (Lipinski definition) is 3. The molecule has 3 nitrogen and oxygen atoms in total.